The lowest BCUT2D eigenvalue weighted by molar-refractivity contribution is -0.142. The zero-order valence-electron chi connectivity index (χ0n) is 6.33. The van der Waals surface area contributed by atoms with Crippen LogP contribution in [-0.2, 0) is 9.53 Å². The van der Waals surface area contributed by atoms with Gasteiger partial charge in [-0.1, -0.05) is 13.8 Å². The highest BCUT2D eigenvalue weighted by Gasteiger charge is 2.37. The molecule has 1 rings (SSSR count). The SMILES string of the molecule is CC[C@H]1OC(=O)[C@@H](N)[C@@H]1C. The van der Waals surface area contributed by atoms with Gasteiger partial charge in [0.25, 0.3) is 0 Å². The maximum atomic E-state index is 10.8. The Balaban J connectivity index is 2.61. The van der Waals surface area contributed by atoms with Crippen LogP contribution in [0, 0.1) is 5.92 Å². The van der Waals surface area contributed by atoms with Gasteiger partial charge in [-0.2, -0.15) is 0 Å². The van der Waals surface area contributed by atoms with Gasteiger partial charge < -0.3 is 10.5 Å². The van der Waals surface area contributed by atoms with E-state index in [0.717, 1.165) is 6.42 Å². The second kappa shape index (κ2) is 2.58. The number of ether oxygens (including phenoxy) is 1. The molecule has 0 radical (unpaired) electrons. The molecule has 58 valence electrons. The summed E-state index contributed by atoms with van der Waals surface area (Å²) in [4.78, 5) is 10.8. The van der Waals surface area contributed by atoms with E-state index in [9.17, 15) is 4.79 Å². The Morgan fingerprint density at radius 2 is 2.30 bits per heavy atom. The van der Waals surface area contributed by atoms with Gasteiger partial charge in [-0.25, -0.2) is 0 Å². The maximum absolute atomic E-state index is 10.8. The van der Waals surface area contributed by atoms with Crippen LogP contribution in [0.4, 0.5) is 0 Å². The van der Waals surface area contributed by atoms with E-state index in [4.69, 9.17) is 10.5 Å². The molecule has 3 nitrogen and oxygen atoms in total. The topological polar surface area (TPSA) is 52.3 Å². The van der Waals surface area contributed by atoms with Gasteiger partial charge in [0.15, 0.2) is 0 Å². The highest BCUT2D eigenvalue weighted by molar-refractivity contribution is 5.78. The molecule has 1 fully saturated rings. The monoisotopic (exact) mass is 143 g/mol. The first-order valence-corrected chi connectivity index (χ1v) is 3.63. The van der Waals surface area contributed by atoms with Crippen molar-refractivity contribution in [2.45, 2.75) is 32.4 Å². The van der Waals surface area contributed by atoms with Crippen molar-refractivity contribution in [2.24, 2.45) is 11.7 Å². The minimum absolute atomic E-state index is 0.0440. The predicted octanol–water partition coefficient (Wildman–Crippen LogP) is 0.285. The van der Waals surface area contributed by atoms with Crippen LogP contribution < -0.4 is 5.73 Å². The third-order valence-corrected chi connectivity index (χ3v) is 2.09. The van der Waals surface area contributed by atoms with Gasteiger partial charge in [0.05, 0.1) is 0 Å². The smallest absolute Gasteiger partial charge is 0.323 e. The third kappa shape index (κ3) is 1.01. The van der Waals surface area contributed by atoms with Gasteiger partial charge >= 0.3 is 5.97 Å². The molecule has 1 heterocycles. The zero-order valence-corrected chi connectivity index (χ0v) is 6.33. The molecule has 0 aromatic rings. The summed E-state index contributed by atoms with van der Waals surface area (Å²) >= 11 is 0. The van der Waals surface area contributed by atoms with Crippen molar-refractivity contribution in [1.29, 1.82) is 0 Å². The van der Waals surface area contributed by atoms with E-state index in [2.05, 4.69) is 0 Å². The molecule has 0 spiro atoms. The minimum Gasteiger partial charge on any atom is -0.461 e. The summed E-state index contributed by atoms with van der Waals surface area (Å²) in [5, 5.41) is 0. The molecule has 0 saturated carbocycles. The van der Waals surface area contributed by atoms with Crippen LogP contribution in [0.1, 0.15) is 20.3 Å². The summed E-state index contributed by atoms with van der Waals surface area (Å²) in [6, 6.07) is -0.398. The summed E-state index contributed by atoms with van der Waals surface area (Å²) in [7, 11) is 0. The lowest BCUT2D eigenvalue weighted by Gasteiger charge is -2.10. The van der Waals surface area contributed by atoms with Crippen LogP contribution in [0.5, 0.6) is 0 Å². The number of cyclic esters (lactones) is 1. The van der Waals surface area contributed by atoms with E-state index in [1.165, 1.54) is 0 Å². The third-order valence-electron chi connectivity index (χ3n) is 2.09. The van der Waals surface area contributed by atoms with Crippen molar-refractivity contribution < 1.29 is 9.53 Å². The highest BCUT2D eigenvalue weighted by Crippen LogP contribution is 2.22. The van der Waals surface area contributed by atoms with Gasteiger partial charge in [-0.3, -0.25) is 4.79 Å². The van der Waals surface area contributed by atoms with Gasteiger partial charge in [-0.05, 0) is 6.42 Å². The summed E-state index contributed by atoms with van der Waals surface area (Å²) < 4.78 is 4.97. The molecule has 0 aliphatic carbocycles. The molecular weight excluding hydrogens is 130 g/mol. The van der Waals surface area contributed by atoms with E-state index in [1.54, 1.807) is 0 Å². The largest absolute Gasteiger partial charge is 0.461 e. The second-order valence-corrected chi connectivity index (χ2v) is 2.77. The number of carbonyl (C=O) groups excluding carboxylic acids is 1. The van der Waals surface area contributed by atoms with Crippen molar-refractivity contribution in [3.63, 3.8) is 0 Å². The molecule has 0 unspecified atom stereocenters. The standard InChI is InChI=1S/C7H13NO2/c1-3-5-4(2)6(8)7(9)10-5/h4-6H,3,8H2,1-2H3/t4-,5-,6+/m1/s1. The predicted molar refractivity (Wildman–Crippen MR) is 37.3 cm³/mol. The molecule has 3 atom stereocenters. The Bertz CT molecular complexity index is 147. The molecule has 1 aliphatic rings. The summed E-state index contributed by atoms with van der Waals surface area (Å²) in [5.74, 6) is -0.0724. The van der Waals surface area contributed by atoms with Gasteiger partial charge in [0.1, 0.15) is 12.1 Å². The maximum Gasteiger partial charge on any atom is 0.323 e. The van der Waals surface area contributed by atoms with Gasteiger partial charge in [0, 0.05) is 5.92 Å². The van der Waals surface area contributed by atoms with Crippen molar-refractivity contribution >= 4 is 5.97 Å². The molecule has 1 saturated heterocycles. The van der Waals surface area contributed by atoms with Crippen molar-refractivity contribution in [3.05, 3.63) is 0 Å². The van der Waals surface area contributed by atoms with Crippen LogP contribution in [-0.4, -0.2) is 18.1 Å². The number of nitrogens with two attached hydrogens (primary N) is 1. The Morgan fingerprint density at radius 1 is 1.70 bits per heavy atom. The van der Waals surface area contributed by atoms with Crippen LogP contribution in [0.15, 0.2) is 0 Å². The molecule has 0 bridgehead atoms. The Labute approximate surface area is 60.5 Å². The molecular formula is C7H13NO2. The summed E-state index contributed by atoms with van der Waals surface area (Å²) in [5.41, 5.74) is 5.51. The summed E-state index contributed by atoms with van der Waals surface area (Å²) in [6.07, 6.45) is 0.906. The molecule has 3 heteroatoms. The first-order chi connectivity index (χ1) is 4.66. The highest BCUT2D eigenvalue weighted by atomic mass is 16.6. The first-order valence-electron chi connectivity index (χ1n) is 3.63. The van der Waals surface area contributed by atoms with E-state index < -0.39 is 6.04 Å². The molecule has 0 amide bonds. The first kappa shape index (κ1) is 7.54. The number of esters is 1. The van der Waals surface area contributed by atoms with E-state index in [0.29, 0.717) is 0 Å². The molecule has 2 N–H and O–H groups in total. The molecule has 10 heavy (non-hydrogen) atoms. The second-order valence-electron chi connectivity index (χ2n) is 2.77. The van der Waals surface area contributed by atoms with Crippen LogP contribution >= 0.6 is 0 Å². The minimum atomic E-state index is -0.398. The molecule has 0 aromatic carbocycles. The summed E-state index contributed by atoms with van der Waals surface area (Å²) in [6.45, 7) is 3.94. The van der Waals surface area contributed by atoms with Crippen LogP contribution in [0.25, 0.3) is 0 Å². The van der Waals surface area contributed by atoms with E-state index in [1.807, 2.05) is 13.8 Å². The van der Waals surface area contributed by atoms with Gasteiger partial charge in [-0.15, -0.1) is 0 Å². The number of carbonyl (C=O) groups is 1. The van der Waals surface area contributed by atoms with Crippen molar-refractivity contribution in [1.82, 2.24) is 0 Å². The zero-order chi connectivity index (χ0) is 7.72. The van der Waals surface area contributed by atoms with Crippen molar-refractivity contribution in [2.75, 3.05) is 0 Å². The van der Waals surface area contributed by atoms with E-state index in [-0.39, 0.29) is 18.0 Å². The van der Waals surface area contributed by atoms with Gasteiger partial charge in [0.2, 0.25) is 0 Å². The number of hydrogen-bond acceptors (Lipinski definition) is 3. The normalized spacial score (nSPS) is 39.9. The number of hydrogen-bond donors (Lipinski definition) is 1. The lowest BCUT2D eigenvalue weighted by Crippen LogP contribution is -2.31. The Morgan fingerprint density at radius 3 is 2.50 bits per heavy atom. The number of rotatable bonds is 1. The average Bonchev–Trinajstić information content (AvgIpc) is 2.17. The van der Waals surface area contributed by atoms with Crippen molar-refractivity contribution in [3.8, 4) is 0 Å². The van der Waals surface area contributed by atoms with E-state index >= 15 is 0 Å². The van der Waals surface area contributed by atoms with Crippen LogP contribution in [0.3, 0.4) is 0 Å². The fourth-order valence-corrected chi connectivity index (χ4v) is 1.24. The average molecular weight is 143 g/mol. The Kier molecular flexibility index (Phi) is 1.94. The fraction of sp³-hybridized carbons (Fsp3) is 0.857. The van der Waals surface area contributed by atoms with Crippen LogP contribution in [0.2, 0.25) is 0 Å². The molecule has 0 aromatic heterocycles. The quantitative estimate of drug-likeness (QED) is 0.536. The Hall–Kier alpha value is -0.570. The molecule has 1 aliphatic heterocycles. The lowest BCUT2D eigenvalue weighted by atomic mass is 9.98. The fourth-order valence-electron chi connectivity index (χ4n) is 1.24.